The first-order valence-electron chi connectivity index (χ1n) is 8.18. The molecule has 0 radical (unpaired) electrons. The Kier molecular flexibility index (Phi) is 5.11. The molecule has 0 spiro atoms. The Balaban J connectivity index is 1.83. The largest absolute Gasteiger partial charge is 0.288 e. The summed E-state index contributed by atoms with van der Waals surface area (Å²) in [5.74, 6) is -1.67. The number of allylic oxidation sites excluding steroid dienone is 2. The number of carbonyl (C=O) groups is 2. The van der Waals surface area contributed by atoms with Gasteiger partial charge in [0.1, 0.15) is 17.3 Å². The van der Waals surface area contributed by atoms with Crippen molar-refractivity contribution in [1.82, 2.24) is 4.98 Å². The topological polar surface area (TPSA) is 47.0 Å². The molecule has 4 rings (SSSR count). The van der Waals surface area contributed by atoms with Gasteiger partial charge < -0.3 is 0 Å². The van der Waals surface area contributed by atoms with E-state index >= 15 is 0 Å². The number of ketones is 2. The lowest BCUT2D eigenvalue weighted by Crippen LogP contribution is -2.21. The molecule has 0 bridgehead atoms. The molecule has 3 nitrogen and oxygen atoms in total. The Morgan fingerprint density at radius 2 is 1.29 bits per heavy atom. The molecule has 1 aliphatic carbocycles. The lowest BCUT2D eigenvalue weighted by atomic mass is 10.00. The summed E-state index contributed by atoms with van der Waals surface area (Å²) in [6.45, 7) is 0. The first-order valence-corrected chi connectivity index (χ1v) is 9.82. The Morgan fingerprint density at radius 1 is 0.714 bits per heavy atom. The van der Waals surface area contributed by atoms with E-state index in [0.29, 0.717) is 9.79 Å². The normalized spacial score (nSPS) is 13.6. The predicted octanol–water partition coefficient (Wildman–Crippen LogP) is 5.54. The highest BCUT2D eigenvalue weighted by Crippen LogP contribution is 2.43. The van der Waals surface area contributed by atoms with Crippen LogP contribution in [-0.2, 0) is 0 Å². The number of hydrogen-bond acceptors (Lipinski definition) is 5. The zero-order valence-corrected chi connectivity index (χ0v) is 15.8. The van der Waals surface area contributed by atoms with Gasteiger partial charge in [0.25, 0.3) is 0 Å². The molecule has 3 aromatic rings. The van der Waals surface area contributed by atoms with E-state index in [-0.39, 0.29) is 26.9 Å². The maximum Gasteiger partial charge on any atom is 0.220 e. The van der Waals surface area contributed by atoms with Crippen LogP contribution in [0, 0.1) is 11.6 Å². The third-order valence-corrected chi connectivity index (χ3v) is 6.21. The van der Waals surface area contributed by atoms with Gasteiger partial charge in [-0.2, -0.15) is 0 Å². The highest BCUT2D eigenvalue weighted by Gasteiger charge is 2.34. The van der Waals surface area contributed by atoms with E-state index in [1.165, 1.54) is 42.6 Å². The van der Waals surface area contributed by atoms with Crippen molar-refractivity contribution in [3.8, 4) is 0 Å². The van der Waals surface area contributed by atoms with Crippen LogP contribution in [0.4, 0.5) is 8.78 Å². The second-order valence-electron chi connectivity index (χ2n) is 5.83. The van der Waals surface area contributed by atoms with Crippen LogP contribution in [0.25, 0.3) is 0 Å². The summed E-state index contributed by atoms with van der Waals surface area (Å²) in [6, 6.07) is 14.7. The Bertz CT molecular complexity index is 1060. The number of hydrogen-bond donors (Lipinski definition) is 0. The van der Waals surface area contributed by atoms with Gasteiger partial charge in [0.2, 0.25) is 11.6 Å². The fourth-order valence-corrected chi connectivity index (χ4v) is 4.81. The Hall–Kier alpha value is -2.77. The van der Waals surface area contributed by atoms with Crippen LogP contribution in [0.2, 0.25) is 0 Å². The lowest BCUT2D eigenvalue weighted by molar-refractivity contribution is 0.0984. The molecule has 0 N–H and O–H groups in total. The summed E-state index contributed by atoms with van der Waals surface area (Å²) in [4.78, 5) is 31.5. The molecule has 138 valence electrons. The number of aromatic nitrogens is 1. The van der Waals surface area contributed by atoms with E-state index in [0.717, 1.165) is 23.5 Å². The number of Topliss-reactive ketones (excluding diaryl/α,β-unsaturated/α-hetero) is 2. The molecular formula is C21H11F2NO2S2. The molecule has 0 atom stereocenters. The summed E-state index contributed by atoms with van der Waals surface area (Å²) in [5, 5.41) is 0. The van der Waals surface area contributed by atoms with Crippen LogP contribution in [0.5, 0.6) is 0 Å². The zero-order valence-electron chi connectivity index (χ0n) is 14.2. The van der Waals surface area contributed by atoms with Gasteiger partial charge in [-0.15, -0.1) is 0 Å². The number of nitrogens with zero attached hydrogens (tertiary/aromatic N) is 1. The van der Waals surface area contributed by atoms with E-state index in [9.17, 15) is 18.4 Å². The molecule has 0 aliphatic heterocycles. The summed E-state index contributed by atoms with van der Waals surface area (Å²) in [6.07, 6.45) is 1.44. The molecule has 0 saturated heterocycles. The number of thioether (sulfide) groups is 2. The van der Waals surface area contributed by atoms with Gasteiger partial charge in [0, 0.05) is 16.0 Å². The van der Waals surface area contributed by atoms with Crippen molar-refractivity contribution < 1.29 is 18.4 Å². The molecule has 2 aromatic carbocycles. The average Bonchev–Trinajstić information content (AvgIpc) is 2.69. The van der Waals surface area contributed by atoms with Crippen molar-refractivity contribution in [2.75, 3.05) is 0 Å². The van der Waals surface area contributed by atoms with E-state index in [4.69, 9.17) is 0 Å². The third kappa shape index (κ3) is 3.63. The van der Waals surface area contributed by atoms with E-state index in [1.807, 2.05) is 0 Å². The number of fused-ring (bicyclic) bond motifs is 1. The van der Waals surface area contributed by atoms with Crippen molar-refractivity contribution in [2.45, 2.75) is 9.79 Å². The minimum atomic E-state index is -0.446. The quantitative estimate of drug-likeness (QED) is 0.565. The summed E-state index contributed by atoms with van der Waals surface area (Å²) < 4.78 is 27.2. The van der Waals surface area contributed by atoms with Crippen LogP contribution in [0.15, 0.2) is 86.5 Å². The number of benzene rings is 2. The SMILES string of the molecule is O=C1C(Sc2cccc(F)c2)=C(Sc2cccc(F)c2)C(=O)c2ncccc21. The molecule has 1 aromatic heterocycles. The van der Waals surface area contributed by atoms with E-state index < -0.39 is 17.4 Å². The fraction of sp³-hybridized carbons (Fsp3) is 0. The smallest absolute Gasteiger partial charge is 0.220 e. The van der Waals surface area contributed by atoms with Crippen molar-refractivity contribution in [2.24, 2.45) is 0 Å². The molecule has 0 amide bonds. The molecule has 1 aliphatic rings. The van der Waals surface area contributed by atoms with E-state index in [2.05, 4.69) is 4.98 Å². The van der Waals surface area contributed by atoms with Crippen LogP contribution >= 0.6 is 23.5 Å². The minimum Gasteiger partial charge on any atom is -0.288 e. The van der Waals surface area contributed by atoms with Crippen LogP contribution < -0.4 is 0 Å². The summed E-state index contributed by atoms with van der Waals surface area (Å²) in [7, 11) is 0. The maximum atomic E-state index is 13.6. The van der Waals surface area contributed by atoms with Crippen molar-refractivity contribution in [1.29, 1.82) is 0 Å². The van der Waals surface area contributed by atoms with Crippen molar-refractivity contribution in [3.05, 3.63) is 99.6 Å². The molecular weight excluding hydrogens is 400 g/mol. The molecule has 0 fully saturated rings. The standard InChI is InChI=1S/C21H11F2NO2S2/c22-12-4-1-6-14(10-12)27-20-18(25)16-8-3-9-24-17(16)19(26)21(20)28-15-7-2-5-13(23)11-15/h1-11H. The second-order valence-corrected chi connectivity index (χ2v) is 8.00. The summed E-state index contributed by atoms with van der Waals surface area (Å²) in [5.41, 5.74) is 0.269. The number of carbonyl (C=O) groups excluding carboxylic acids is 2. The lowest BCUT2D eigenvalue weighted by Gasteiger charge is -2.19. The highest BCUT2D eigenvalue weighted by molar-refractivity contribution is 8.08. The minimum absolute atomic E-state index is 0.0648. The maximum absolute atomic E-state index is 13.6. The van der Waals surface area contributed by atoms with Gasteiger partial charge in [-0.3, -0.25) is 14.6 Å². The van der Waals surface area contributed by atoms with Crippen LogP contribution in [0.1, 0.15) is 20.8 Å². The fourth-order valence-electron chi connectivity index (χ4n) is 2.69. The average molecular weight is 411 g/mol. The van der Waals surface area contributed by atoms with Gasteiger partial charge in [0.15, 0.2) is 0 Å². The van der Waals surface area contributed by atoms with Crippen LogP contribution in [0.3, 0.4) is 0 Å². The predicted molar refractivity (Wildman–Crippen MR) is 104 cm³/mol. The van der Waals surface area contributed by atoms with Gasteiger partial charge >= 0.3 is 0 Å². The van der Waals surface area contributed by atoms with Crippen LogP contribution in [-0.4, -0.2) is 16.6 Å². The highest BCUT2D eigenvalue weighted by atomic mass is 32.2. The number of halogens is 2. The third-order valence-electron chi connectivity index (χ3n) is 3.92. The zero-order chi connectivity index (χ0) is 19.7. The second kappa shape index (κ2) is 7.69. The first kappa shape index (κ1) is 18.6. The van der Waals surface area contributed by atoms with E-state index in [1.54, 1.807) is 24.3 Å². The van der Waals surface area contributed by atoms with Gasteiger partial charge in [-0.1, -0.05) is 35.7 Å². The molecule has 0 unspecified atom stereocenters. The molecule has 28 heavy (non-hydrogen) atoms. The molecule has 0 saturated carbocycles. The van der Waals surface area contributed by atoms with Gasteiger partial charge in [-0.25, -0.2) is 8.78 Å². The van der Waals surface area contributed by atoms with Gasteiger partial charge in [-0.05, 0) is 48.5 Å². The number of rotatable bonds is 4. The molecule has 1 heterocycles. The monoisotopic (exact) mass is 411 g/mol. The van der Waals surface area contributed by atoms with Gasteiger partial charge in [0.05, 0.1) is 15.4 Å². The first-order chi connectivity index (χ1) is 13.5. The Labute approximate surface area is 167 Å². The van der Waals surface area contributed by atoms with Crippen molar-refractivity contribution in [3.63, 3.8) is 0 Å². The Morgan fingerprint density at radius 3 is 1.86 bits per heavy atom. The number of pyridine rings is 1. The van der Waals surface area contributed by atoms with Crippen molar-refractivity contribution >= 4 is 35.1 Å². The summed E-state index contributed by atoms with van der Waals surface area (Å²) >= 11 is 2.01. The molecule has 7 heteroatoms.